The van der Waals surface area contributed by atoms with E-state index in [1.165, 1.54) is 0 Å². The van der Waals surface area contributed by atoms with Crippen LogP contribution in [-0.2, 0) is 4.79 Å². The molecule has 0 bridgehead atoms. The Morgan fingerprint density at radius 3 is 2.75 bits per heavy atom. The van der Waals surface area contributed by atoms with Gasteiger partial charge >= 0.3 is 0 Å². The highest BCUT2D eigenvalue weighted by Gasteiger charge is 1.89. The lowest BCUT2D eigenvalue weighted by Gasteiger charge is -1.87. The molecule has 0 atom stereocenters. The Morgan fingerprint density at radius 1 is 1.75 bits per heavy atom. The first-order valence-corrected chi connectivity index (χ1v) is 2.50. The second kappa shape index (κ2) is 4.37. The third kappa shape index (κ3) is 5.21. The zero-order chi connectivity index (χ0) is 6.41. The molecule has 2 nitrogen and oxygen atoms in total. The number of allylic oxidation sites excluding steroid dienone is 1. The Bertz CT molecular complexity index is 88.5. The molecule has 0 aromatic carbocycles. The van der Waals surface area contributed by atoms with Gasteiger partial charge in [0.05, 0.1) is 0 Å². The standard InChI is InChI=1S/C6H10NO/c1-2-3-4-5-6(7)8/h2-3H,1,4-5H2,(H2,7,8). The largest absolute Gasteiger partial charge is 0.370 e. The first-order chi connectivity index (χ1) is 3.77. The van der Waals surface area contributed by atoms with Crippen molar-refractivity contribution in [3.63, 3.8) is 0 Å². The lowest BCUT2D eigenvalue weighted by molar-refractivity contribution is -0.117. The molecule has 1 radical (unpaired) electrons. The van der Waals surface area contributed by atoms with Crippen molar-refractivity contribution in [2.45, 2.75) is 12.8 Å². The first kappa shape index (κ1) is 7.21. The molecule has 8 heavy (non-hydrogen) atoms. The van der Waals surface area contributed by atoms with Crippen molar-refractivity contribution in [1.82, 2.24) is 0 Å². The minimum atomic E-state index is -0.261. The smallest absolute Gasteiger partial charge is 0.217 e. The molecule has 0 aliphatic rings. The Morgan fingerprint density at radius 2 is 2.38 bits per heavy atom. The van der Waals surface area contributed by atoms with Crippen molar-refractivity contribution in [3.8, 4) is 0 Å². The minimum Gasteiger partial charge on any atom is -0.370 e. The Hall–Kier alpha value is -0.790. The van der Waals surface area contributed by atoms with E-state index in [0.29, 0.717) is 12.8 Å². The van der Waals surface area contributed by atoms with Crippen molar-refractivity contribution >= 4 is 5.91 Å². The van der Waals surface area contributed by atoms with Crippen molar-refractivity contribution in [2.75, 3.05) is 0 Å². The van der Waals surface area contributed by atoms with Crippen molar-refractivity contribution < 1.29 is 4.79 Å². The van der Waals surface area contributed by atoms with Gasteiger partial charge in [-0.1, -0.05) is 6.08 Å². The minimum absolute atomic E-state index is 0.261. The molecule has 0 unspecified atom stereocenters. The second-order valence-electron chi connectivity index (χ2n) is 1.48. The molecule has 1 amide bonds. The van der Waals surface area contributed by atoms with E-state index in [9.17, 15) is 4.79 Å². The molecule has 0 aromatic rings. The summed E-state index contributed by atoms with van der Waals surface area (Å²) in [6, 6.07) is 0. The normalized spacial score (nSPS) is 8.50. The van der Waals surface area contributed by atoms with E-state index in [0.717, 1.165) is 0 Å². The number of hydrogen-bond donors (Lipinski definition) is 1. The highest BCUT2D eigenvalue weighted by atomic mass is 16.1. The summed E-state index contributed by atoms with van der Waals surface area (Å²) < 4.78 is 0. The van der Waals surface area contributed by atoms with Gasteiger partial charge in [-0.25, -0.2) is 0 Å². The maximum absolute atomic E-state index is 10.0. The van der Waals surface area contributed by atoms with E-state index in [-0.39, 0.29) is 5.91 Å². The zero-order valence-electron chi connectivity index (χ0n) is 4.76. The van der Waals surface area contributed by atoms with Crippen LogP contribution in [0.2, 0.25) is 0 Å². The van der Waals surface area contributed by atoms with Crippen LogP contribution in [0.3, 0.4) is 0 Å². The fourth-order valence-electron chi connectivity index (χ4n) is 0.343. The van der Waals surface area contributed by atoms with Crippen LogP contribution in [0.5, 0.6) is 0 Å². The Balaban J connectivity index is 2.93. The first-order valence-electron chi connectivity index (χ1n) is 2.50. The van der Waals surface area contributed by atoms with Crippen LogP contribution in [0.1, 0.15) is 12.8 Å². The van der Waals surface area contributed by atoms with Crippen LogP contribution in [0.15, 0.2) is 12.7 Å². The number of unbranched alkanes of at least 4 members (excludes halogenated alkanes) is 1. The second-order valence-corrected chi connectivity index (χ2v) is 1.48. The van der Waals surface area contributed by atoms with Crippen LogP contribution in [0.4, 0.5) is 0 Å². The summed E-state index contributed by atoms with van der Waals surface area (Å²) in [6.45, 7) is 3.45. The number of primary amides is 1. The number of hydrogen-bond acceptors (Lipinski definition) is 1. The predicted molar refractivity (Wildman–Crippen MR) is 32.9 cm³/mol. The van der Waals surface area contributed by atoms with Gasteiger partial charge in [0.2, 0.25) is 5.91 Å². The van der Waals surface area contributed by atoms with Gasteiger partial charge in [0.25, 0.3) is 0 Å². The topological polar surface area (TPSA) is 43.1 Å². The van der Waals surface area contributed by atoms with Gasteiger partial charge in [0.15, 0.2) is 0 Å². The molecule has 0 rings (SSSR count). The van der Waals surface area contributed by atoms with Crippen LogP contribution in [0.25, 0.3) is 0 Å². The molecule has 0 heterocycles. The number of nitrogens with two attached hydrogens (primary N) is 1. The molecule has 0 aliphatic carbocycles. The average Bonchev–Trinajstić information content (AvgIpc) is 1.66. The SMILES string of the molecule is C=C[CH]CCC(N)=O. The summed E-state index contributed by atoms with van der Waals surface area (Å²) >= 11 is 0. The van der Waals surface area contributed by atoms with E-state index in [1.54, 1.807) is 6.08 Å². The van der Waals surface area contributed by atoms with E-state index in [4.69, 9.17) is 5.73 Å². The number of rotatable bonds is 4. The Kier molecular flexibility index (Phi) is 3.94. The van der Waals surface area contributed by atoms with Gasteiger partial charge in [0.1, 0.15) is 0 Å². The molecule has 45 valence electrons. The highest BCUT2D eigenvalue weighted by Crippen LogP contribution is 1.91. The molecular formula is C6H10NO. The van der Waals surface area contributed by atoms with Gasteiger partial charge in [-0.2, -0.15) is 0 Å². The summed E-state index contributed by atoms with van der Waals surface area (Å²) in [4.78, 5) is 10.0. The monoisotopic (exact) mass is 112 g/mol. The molecular weight excluding hydrogens is 102 g/mol. The van der Waals surface area contributed by atoms with E-state index >= 15 is 0 Å². The third-order valence-corrected chi connectivity index (χ3v) is 0.724. The maximum Gasteiger partial charge on any atom is 0.217 e. The molecule has 0 aromatic heterocycles. The fourth-order valence-corrected chi connectivity index (χ4v) is 0.343. The van der Waals surface area contributed by atoms with Crippen LogP contribution < -0.4 is 5.73 Å². The fraction of sp³-hybridized carbons (Fsp3) is 0.333. The van der Waals surface area contributed by atoms with Gasteiger partial charge in [-0.15, -0.1) is 6.58 Å². The molecule has 0 saturated heterocycles. The number of carbonyl (C=O) groups excluding carboxylic acids is 1. The van der Waals surface area contributed by atoms with Crippen molar-refractivity contribution in [1.29, 1.82) is 0 Å². The van der Waals surface area contributed by atoms with Gasteiger partial charge in [-0.3, -0.25) is 4.79 Å². The molecule has 0 spiro atoms. The highest BCUT2D eigenvalue weighted by molar-refractivity contribution is 5.73. The average molecular weight is 112 g/mol. The number of carbonyl (C=O) groups is 1. The quantitative estimate of drug-likeness (QED) is 0.533. The molecule has 0 fully saturated rings. The van der Waals surface area contributed by atoms with Crippen molar-refractivity contribution in [2.24, 2.45) is 5.73 Å². The lowest BCUT2D eigenvalue weighted by Crippen LogP contribution is -2.09. The molecule has 0 saturated carbocycles. The van der Waals surface area contributed by atoms with Crippen LogP contribution in [0, 0.1) is 6.42 Å². The van der Waals surface area contributed by atoms with Crippen molar-refractivity contribution in [3.05, 3.63) is 19.1 Å². The van der Waals surface area contributed by atoms with E-state index in [2.05, 4.69) is 6.58 Å². The van der Waals surface area contributed by atoms with Crippen LogP contribution in [-0.4, -0.2) is 5.91 Å². The summed E-state index contributed by atoms with van der Waals surface area (Å²) in [5.41, 5.74) is 4.84. The zero-order valence-corrected chi connectivity index (χ0v) is 4.76. The van der Waals surface area contributed by atoms with Gasteiger partial charge in [0, 0.05) is 6.42 Å². The van der Waals surface area contributed by atoms with E-state index in [1.807, 2.05) is 6.42 Å². The summed E-state index contributed by atoms with van der Waals surface area (Å²) in [5, 5.41) is 0. The van der Waals surface area contributed by atoms with Crippen LogP contribution >= 0.6 is 0 Å². The molecule has 2 N–H and O–H groups in total. The summed E-state index contributed by atoms with van der Waals surface area (Å²) in [5.74, 6) is -0.261. The summed E-state index contributed by atoms with van der Waals surface area (Å²) in [7, 11) is 0. The van der Waals surface area contributed by atoms with E-state index < -0.39 is 0 Å². The maximum atomic E-state index is 10.0. The molecule has 2 heteroatoms. The number of amides is 1. The lowest BCUT2D eigenvalue weighted by atomic mass is 10.2. The van der Waals surface area contributed by atoms with Gasteiger partial charge in [-0.05, 0) is 12.8 Å². The third-order valence-electron chi connectivity index (χ3n) is 0.724. The predicted octanol–water partition coefficient (Wildman–Crippen LogP) is 0.642. The molecule has 0 aliphatic heterocycles. The Labute approximate surface area is 49.4 Å². The summed E-state index contributed by atoms with van der Waals surface area (Å²) in [6.07, 6.45) is 4.60. The van der Waals surface area contributed by atoms with Gasteiger partial charge < -0.3 is 5.73 Å².